The molecule has 84 valence electrons. The van der Waals surface area contributed by atoms with Crippen LogP contribution >= 0.6 is 11.3 Å². The van der Waals surface area contributed by atoms with E-state index in [1.165, 1.54) is 5.56 Å². The first-order chi connectivity index (χ1) is 7.66. The Morgan fingerprint density at radius 3 is 2.94 bits per heavy atom. The fraction of sp³-hybridized carbons (Fsp3) is 0.200. The first kappa shape index (κ1) is 10.7. The summed E-state index contributed by atoms with van der Waals surface area (Å²) in [7, 11) is 0. The number of nitrogens with zero attached hydrogens (tertiary/aromatic N) is 2. The highest BCUT2D eigenvalue weighted by atomic mass is 32.1. The van der Waals surface area contributed by atoms with Gasteiger partial charge in [-0.25, -0.2) is 0 Å². The summed E-state index contributed by atoms with van der Waals surface area (Å²) in [6, 6.07) is 2.06. The van der Waals surface area contributed by atoms with Crippen LogP contribution in [0.5, 0.6) is 0 Å². The number of hydrogen-bond donors (Lipinski definition) is 2. The summed E-state index contributed by atoms with van der Waals surface area (Å²) in [5, 5.41) is 8.14. The molecule has 2 aromatic rings. The second-order valence-corrected chi connectivity index (χ2v) is 4.22. The molecule has 4 N–H and O–H groups in total. The van der Waals surface area contributed by atoms with Crippen LogP contribution in [-0.2, 0) is 13.0 Å². The zero-order valence-electron chi connectivity index (χ0n) is 8.59. The summed E-state index contributed by atoms with van der Waals surface area (Å²) >= 11 is 1.66. The van der Waals surface area contributed by atoms with E-state index in [-0.39, 0.29) is 5.69 Å². The molecule has 1 amide bonds. The summed E-state index contributed by atoms with van der Waals surface area (Å²) in [6.07, 6.45) is 2.50. The predicted molar refractivity (Wildman–Crippen MR) is 63.2 cm³/mol. The molecular formula is C10H12N4OS. The van der Waals surface area contributed by atoms with Gasteiger partial charge in [0.05, 0.1) is 5.69 Å². The Kier molecular flexibility index (Phi) is 2.91. The Morgan fingerprint density at radius 1 is 1.56 bits per heavy atom. The van der Waals surface area contributed by atoms with Crippen molar-refractivity contribution in [1.82, 2.24) is 9.78 Å². The number of aromatic nitrogens is 2. The third kappa shape index (κ3) is 2.22. The number of thiophene rings is 1. The second kappa shape index (κ2) is 4.36. The first-order valence-electron chi connectivity index (χ1n) is 4.80. The zero-order chi connectivity index (χ0) is 11.5. The van der Waals surface area contributed by atoms with Gasteiger partial charge in [-0.1, -0.05) is 0 Å². The number of rotatable bonds is 4. The smallest absolute Gasteiger partial charge is 0.271 e. The van der Waals surface area contributed by atoms with Crippen molar-refractivity contribution in [2.75, 3.05) is 5.73 Å². The molecule has 6 heteroatoms. The molecule has 2 aromatic heterocycles. The number of nitrogens with two attached hydrogens (primary N) is 2. The lowest BCUT2D eigenvalue weighted by molar-refractivity contribution is 0.0995. The largest absolute Gasteiger partial charge is 0.396 e. The van der Waals surface area contributed by atoms with Gasteiger partial charge in [-0.05, 0) is 28.8 Å². The van der Waals surface area contributed by atoms with E-state index in [0.29, 0.717) is 12.2 Å². The summed E-state index contributed by atoms with van der Waals surface area (Å²) in [5.74, 6) is -0.591. The summed E-state index contributed by atoms with van der Waals surface area (Å²) in [6.45, 7) is 0.689. The summed E-state index contributed by atoms with van der Waals surface area (Å²) in [5.41, 5.74) is 12.5. The minimum atomic E-state index is -0.591. The highest BCUT2D eigenvalue weighted by molar-refractivity contribution is 7.07. The van der Waals surface area contributed by atoms with Gasteiger partial charge in [0, 0.05) is 12.7 Å². The van der Waals surface area contributed by atoms with Crippen molar-refractivity contribution in [3.8, 4) is 0 Å². The highest BCUT2D eigenvalue weighted by Crippen LogP contribution is 2.11. The lowest BCUT2D eigenvalue weighted by Gasteiger charge is -1.98. The maximum absolute atomic E-state index is 10.9. The second-order valence-electron chi connectivity index (χ2n) is 3.44. The quantitative estimate of drug-likeness (QED) is 0.825. The molecule has 0 radical (unpaired) electrons. The van der Waals surface area contributed by atoms with Crippen molar-refractivity contribution in [2.24, 2.45) is 5.73 Å². The first-order valence-corrected chi connectivity index (χ1v) is 5.75. The Bertz CT molecular complexity index is 489. The molecule has 0 unspecified atom stereocenters. The number of nitrogen functional groups attached to an aromatic ring is 1. The van der Waals surface area contributed by atoms with Crippen LogP contribution in [0.3, 0.4) is 0 Å². The SMILES string of the molecule is NC(=O)c1nn(CCc2ccsc2)cc1N. The average Bonchev–Trinajstić information content (AvgIpc) is 2.83. The van der Waals surface area contributed by atoms with Gasteiger partial charge >= 0.3 is 0 Å². The molecule has 0 aliphatic heterocycles. The molecular weight excluding hydrogens is 224 g/mol. The Hall–Kier alpha value is -1.82. The van der Waals surface area contributed by atoms with Crippen molar-refractivity contribution in [2.45, 2.75) is 13.0 Å². The monoisotopic (exact) mass is 236 g/mol. The summed E-state index contributed by atoms with van der Waals surface area (Å²) < 4.78 is 1.65. The summed E-state index contributed by atoms with van der Waals surface area (Å²) in [4.78, 5) is 10.9. The number of hydrogen-bond acceptors (Lipinski definition) is 4. The molecule has 0 saturated heterocycles. The number of aryl methyl sites for hydroxylation is 2. The molecule has 0 bridgehead atoms. The molecule has 0 aliphatic rings. The fourth-order valence-electron chi connectivity index (χ4n) is 1.42. The number of primary amides is 1. The van der Waals surface area contributed by atoms with E-state index >= 15 is 0 Å². The lowest BCUT2D eigenvalue weighted by atomic mass is 10.2. The minimum absolute atomic E-state index is 0.144. The van der Waals surface area contributed by atoms with E-state index < -0.39 is 5.91 Å². The van der Waals surface area contributed by atoms with Crippen LogP contribution in [0.1, 0.15) is 16.1 Å². The van der Waals surface area contributed by atoms with Gasteiger partial charge in [0.25, 0.3) is 5.91 Å². The molecule has 2 heterocycles. The van der Waals surface area contributed by atoms with E-state index in [2.05, 4.69) is 16.5 Å². The van der Waals surface area contributed by atoms with E-state index in [1.807, 2.05) is 5.38 Å². The van der Waals surface area contributed by atoms with Crippen molar-refractivity contribution in [1.29, 1.82) is 0 Å². The van der Waals surface area contributed by atoms with Crippen molar-refractivity contribution >= 4 is 22.9 Å². The van der Waals surface area contributed by atoms with Gasteiger partial charge in [-0.2, -0.15) is 16.4 Å². The van der Waals surface area contributed by atoms with Crippen LogP contribution in [0.2, 0.25) is 0 Å². The topological polar surface area (TPSA) is 86.9 Å². The number of anilines is 1. The molecule has 0 aromatic carbocycles. The van der Waals surface area contributed by atoms with E-state index in [9.17, 15) is 4.79 Å². The van der Waals surface area contributed by atoms with Crippen molar-refractivity contribution in [3.05, 3.63) is 34.3 Å². The highest BCUT2D eigenvalue weighted by Gasteiger charge is 2.10. The zero-order valence-corrected chi connectivity index (χ0v) is 9.41. The van der Waals surface area contributed by atoms with Crippen LogP contribution in [0.4, 0.5) is 5.69 Å². The Labute approximate surface area is 96.7 Å². The lowest BCUT2D eigenvalue weighted by Crippen LogP contribution is -2.14. The Balaban J connectivity index is 2.05. The molecule has 0 saturated carbocycles. The number of carbonyl (C=O) groups is 1. The molecule has 2 rings (SSSR count). The van der Waals surface area contributed by atoms with E-state index in [0.717, 1.165) is 6.42 Å². The van der Waals surface area contributed by atoms with Crippen LogP contribution in [0.25, 0.3) is 0 Å². The number of amides is 1. The normalized spacial score (nSPS) is 10.5. The van der Waals surface area contributed by atoms with Gasteiger partial charge in [0.2, 0.25) is 0 Å². The van der Waals surface area contributed by atoms with Crippen LogP contribution in [-0.4, -0.2) is 15.7 Å². The van der Waals surface area contributed by atoms with E-state index in [4.69, 9.17) is 11.5 Å². The molecule has 0 spiro atoms. The maximum atomic E-state index is 10.9. The number of carbonyl (C=O) groups excluding carboxylic acids is 1. The van der Waals surface area contributed by atoms with Gasteiger partial charge in [-0.15, -0.1) is 0 Å². The van der Waals surface area contributed by atoms with Crippen molar-refractivity contribution in [3.63, 3.8) is 0 Å². The molecule has 5 nitrogen and oxygen atoms in total. The standard InChI is InChI=1S/C10H12N4OS/c11-8-5-14(13-9(8)10(12)15)3-1-7-2-4-16-6-7/h2,4-6H,1,3,11H2,(H2,12,15). The van der Waals surface area contributed by atoms with Crippen LogP contribution in [0, 0.1) is 0 Å². The van der Waals surface area contributed by atoms with Gasteiger partial charge in [0.1, 0.15) is 0 Å². The van der Waals surface area contributed by atoms with Gasteiger partial charge in [-0.3, -0.25) is 9.48 Å². The van der Waals surface area contributed by atoms with Crippen LogP contribution in [0.15, 0.2) is 23.0 Å². The maximum Gasteiger partial charge on any atom is 0.271 e. The molecule has 16 heavy (non-hydrogen) atoms. The molecule has 0 aliphatic carbocycles. The third-order valence-electron chi connectivity index (χ3n) is 2.23. The van der Waals surface area contributed by atoms with Crippen LogP contribution < -0.4 is 11.5 Å². The predicted octanol–water partition coefficient (Wildman–Crippen LogP) is 0.868. The third-order valence-corrected chi connectivity index (χ3v) is 2.97. The van der Waals surface area contributed by atoms with Crippen molar-refractivity contribution < 1.29 is 4.79 Å². The van der Waals surface area contributed by atoms with E-state index in [1.54, 1.807) is 22.2 Å². The molecule has 0 fully saturated rings. The fourth-order valence-corrected chi connectivity index (χ4v) is 2.12. The van der Waals surface area contributed by atoms with Gasteiger partial charge in [0.15, 0.2) is 5.69 Å². The Morgan fingerprint density at radius 2 is 2.38 bits per heavy atom. The minimum Gasteiger partial charge on any atom is -0.396 e. The average molecular weight is 236 g/mol. The van der Waals surface area contributed by atoms with Gasteiger partial charge < -0.3 is 11.5 Å². The molecule has 0 atom stereocenters.